The van der Waals surface area contributed by atoms with Gasteiger partial charge in [0.2, 0.25) is 0 Å². The van der Waals surface area contributed by atoms with Gasteiger partial charge in [-0.2, -0.15) is 0 Å². The molecule has 86 valence electrons. The lowest BCUT2D eigenvalue weighted by Crippen LogP contribution is -2.50. The number of carboxylic acid groups (broad SMARTS) is 1. The van der Waals surface area contributed by atoms with Crippen LogP contribution in [0.5, 0.6) is 0 Å². The molecule has 0 bridgehead atoms. The fourth-order valence-corrected chi connectivity index (χ4v) is 3.67. The largest absolute Gasteiger partial charge is 0.481 e. The average Bonchev–Trinajstić information content (AvgIpc) is 2.60. The predicted molar refractivity (Wildman–Crippen MR) is 56.6 cm³/mol. The van der Waals surface area contributed by atoms with Crippen molar-refractivity contribution in [2.45, 2.75) is 63.4 Å². The molecule has 2 rings (SSSR count). The van der Waals surface area contributed by atoms with E-state index in [1.165, 1.54) is 0 Å². The van der Waals surface area contributed by atoms with Crippen molar-refractivity contribution in [3.8, 4) is 0 Å². The lowest BCUT2D eigenvalue weighted by molar-refractivity contribution is -0.158. The van der Waals surface area contributed by atoms with E-state index in [4.69, 9.17) is 5.11 Å². The second kappa shape index (κ2) is 3.78. The van der Waals surface area contributed by atoms with E-state index in [9.17, 15) is 9.90 Å². The van der Waals surface area contributed by atoms with E-state index < -0.39 is 11.6 Å². The first-order valence-corrected chi connectivity index (χ1v) is 6.02. The quantitative estimate of drug-likeness (QED) is 0.738. The molecule has 0 amide bonds. The van der Waals surface area contributed by atoms with Gasteiger partial charge in [0.25, 0.3) is 0 Å². The third kappa shape index (κ3) is 1.78. The maximum absolute atomic E-state index is 10.9. The zero-order chi connectivity index (χ0) is 10.9. The van der Waals surface area contributed by atoms with Gasteiger partial charge in [0, 0.05) is 0 Å². The van der Waals surface area contributed by atoms with Crippen molar-refractivity contribution in [2.75, 3.05) is 0 Å². The normalized spacial score (nSPS) is 34.5. The first-order chi connectivity index (χ1) is 7.08. The number of rotatable bonds is 2. The summed E-state index contributed by atoms with van der Waals surface area (Å²) in [7, 11) is 0. The summed E-state index contributed by atoms with van der Waals surface area (Å²) in [4.78, 5) is 10.9. The molecule has 0 heterocycles. The third-order valence-corrected chi connectivity index (χ3v) is 4.49. The van der Waals surface area contributed by atoms with Crippen LogP contribution in [0.3, 0.4) is 0 Å². The Morgan fingerprint density at radius 3 is 1.93 bits per heavy atom. The van der Waals surface area contributed by atoms with Crippen molar-refractivity contribution >= 4 is 5.97 Å². The second-order valence-corrected chi connectivity index (χ2v) is 5.30. The molecule has 1 unspecified atom stereocenters. The Balaban J connectivity index is 2.21. The van der Waals surface area contributed by atoms with Crippen molar-refractivity contribution < 1.29 is 15.0 Å². The van der Waals surface area contributed by atoms with E-state index in [1.807, 2.05) is 0 Å². The summed E-state index contributed by atoms with van der Waals surface area (Å²) >= 11 is 0. The van der Waals surface area contributed by atoms with Gasteiger partial charge in [-0.25, -0.2) is 0 Å². The summed E-state index contributed by atoms with van der Waals surface area (Å²) in [6, 6.07) is 0. The third-order valence-electron chi connectivity index (χ3n) is 4.49. The average molecular weight is 212 g/mol. The Morgan fingerprint density at radius 1 is 1.00 bits per heavy atom. The smallest absolute Gasteiger partial charge is 0.306 e. The number of hydrogen-bond donors (Lipinski definition) is 2. The van der Waals surface area contributed by atoms with E-state index >= 15 is 0 Å². The molecule has 0 radical (unpaired) electrons. The van der Waals surface area contributed by atoms with Gasteiger partial charge in [0.15, 0.2) is 0 Å². The van der Waals surface area contributed by atoms with Crippen molar-refractivity contribution in [3.05, 3.63) is 0 Å². The molecule has 3 nitrogen and oxygen atoms in total. The summed E-state index contributed by atoms with van der Waals surface area (Å²) in [6.07, 6.45) is 8.13. The van der Waals surface area contributed by atoms with Gasteiger partial charge in [-0.05, 0) is 31.1 Å². The molecule has 2 N–H and O–H groups in total. The minimum absolute atomic E-state index is 0.0625. The van der Waals surface area contributed by atoms with Crippen LogP contribution in [0.4, 0.5) is 0 Å². The van der Waals surface area contributed by atoms with Crippen molar-refractivity contribution in [2.24, 2.45) is 5.41 Å². The molecule has 2 saturated carbocycles. The number of carboxylic acids is 1. The maximum Gasteiger partial charge on any atom is 0.306 e. The first-order valence-electron chi connectivity index (χ1n) is 6.02. The number of hydrogen-bond acceptors (Lipinski definition) is 2. The molecule has 2 aliphatic rings. The molecule has 0 aliphatic heterocycles. The van der Waals surface area contributed by atoms with Crippen LogP contribution < -0.4 is 0 Å². The maximum atomic E-state index is 10.9. The van der Waals surface area contributed by atoms with Crippen LogP contribution >= 0.6 is 0 Å². The first kappa shape index (κ1) is 10.9. The summed E-state index contributed by atoms with van der Waals surface area (Å²) in [5, 5.41) is 19.5. The van der Waals surface area contributed by atoms with E-state index in [0.29, 0.717) is 6.42 Å². The van der Waals surface area contributed by atoms with Gasteiger partial charge in [0.1, 0.15) is 0 Å². The molecule has 15 heavy (non-hydrogen) atoms. The monoisotopic (exact) mass is 212 g/mol. The molecule has 2 aliphatic carbocycles. The van der Waals surface area contributed by atoms with E-state index in [0.717, 1.165) is 44.9 Å². The Morgan fingerprint density at radius 2 is 1.47 bits per heavy atom. The summed E-state index contributed by atoms with van der Waals surface area (Å²) in [5.41, 5.74) is -0.989. The Kier molecular flexibility index (Phi) is 2.75. The van der Waals surface area contributed by atoms with Crippen LogP contribution in [0, 0.1) is 5.41 Å². The van der Waals surface area contributed by atoms with Gasteiger partial charge in [0.05, 0.1) is 12.0 Å². The molecular formula is C12H20O3. The predicted octanol–water partition coefficient (Wildman–Crippen LogP) is 2.33. The van der Waals surface area contributed by atoms with E-state index in [1.54, 1.807) is 0 Å². The van der Waals surface area contributed by atoms with Gasteiger partial charge in [-0.1, -0.05) is 25.7 Å². The van der Waals surface area contributed by atoms with Crippen LogP contribution in [0.15, 0.2) is 0 Å². The van der Waals surface area contributed by atoms with Crippen LogP contribution in [0.2, 0.25) is 0 Å². The van der Waals surface area contributed by atoms with Crippen molar-refractivity contribution in [1.29, 1.82) is 0 Å². The molecule has 0 aromatic rings. The van der Waals surface area contributed by atoms with Gasteiger partial charge >= 0.3 is 5.97 Å². The number of aliphatic carboxylic acids is 1. The Labute approximate surface area is 90.5 Å². The second-order valence-electron chi connectivity index (χ2n) is 5.30. The minimum Gasteiger partial charge on any atom is -0.481 e. The Hall–Kier alpha value is -0.570. The van der Waals surface area contributed by atoms with Gasteiger partial charge in [-0.15, -0.1) is 0 Å². The zero-order valence-corrected chi connectivity index (χ0v) is 9.17. The van der Waals surface area contributed by atoms with Gasteiger partial charge in [-0.3, -0.25) is 4.79 Å². The van der Waals surface area contributed by atoms with E-state index in [-0.39, 0.29) is 11.8 Å². The highest BCUT2D eigenvalue weighted by atomic mass is 16.4. The molecule has 1 spiro atoms. The van der Waals surface area contributed by atoms with Crippen LogP contribution in [0.1, 0.15) is 57.8 Å². The molecular weight excluding hydrogens is 192 g/mol. The van der Waals surface area contributed by atoms with Crippen LogP contribution in [-0.4, -0.2) is 21.8 Å². The van der Waals surface area contributed by atoms with Crippen LogP contribution in [-0.2, 0) is 4.79 Å². The minimum atomic E-state index is -0.923. The molecule has 0 aromatic heterocycles. The molecule has 3 heteroatoms. The zero-order valence-electron chi connectivity index (χ0n) is 9.17. The standard InChI is InChI=1S/C12H20O3/c13-10(14)9-12(15)8-4-3-7-11(12)5-1-2-6-11/h15H,1-9H2,(H,13,14). The number of carbonyl (C=O) groups is 1. The van der Waals surface area contributed by atoms with Crippen LogP contribution in [0.25, 0.3) is 0 Å². The molecule has 0 aromatic carbocycles. The SMILES string of the molecule is O=C(O)CC1(O)CCCCC12CCCC2. The highest BCUT2D eigenvalue weighted by molar-refractivity contribution is 5.68. The highest BCUT2D eigenvalue weighted by Gasteiger charge is 2.53. The molecule has 1 atom stereocenters. The summed E-state index contributed by atoms with van der Waals surface area (Å²) in [6.45, 7) is 0. The van der Waals surface area contributed by atoms with Crippen molar-refractivity contribution in [3.63, 3.8) is 0 Å². The lowest BCUT2D eigenvalue weighted by atomic mass is 9.61. The Bertz CT molecular complexity index is 256. The fourth-order valence-electron chi connectivity index (χ4n) is 3.67. The van der Waals surface area contributed by atoms with E-state index in [2.05, 4.69) is 0 Å². The fraction of sp³-hybridized carbons (Fsp3) is 0.917. The summed E-state index contributed by atoms with van der Waals surface area (Å²) < 4.78 is 0. The highest BCUT2D eigenvalue weighted by Crippen LogP contribution is 2.55. The number of aliphatic hydroxyl groups is 1. The topological polar surface area (TPSA) is 57.5 Å². The van der Waals surface area contributed by atoms with Crippen molar-refractivity contribution in [1.82, 2.24) is 0 Å². The molecule has 0 saturated heterocycles. The lowest BCUT2D eigenvalue weighted by Gasteiger charge is -2.48. The van der Waals surface area contributed by atoms with Gasteiger partial charge < -0.3 is 10.2 Å². The summed E-state index contributed by atoms with van der Waals surface area (Å²) in [5.74, 6) is -0.856. The molecule has 2 fully saturated rings.